The third-order valence-corrected chi connectivity index (χ3v) is 4.06. The van der Waals surface area contributed by atoms with Gasteiger partial charge in [0.25, 0.3) is 0 Å². The van der Waals surface area contributed by atoms with E-state index in [1.54, 1.807) is 18.2 Å². The number of amides is 1. The number of hydrogen-bond acceptors (Lipinski definition) is 5. The highest BCUT2D eigenvalue weighted by atomic mass is 16.1. The highest BCUT2D eigenvalue weighted by Crippen LogP contribution is 2.38. The molecule has 24 heavy (non-hydrogen) atoms. The summed E-state index contributed by atoms with van der Waals surface area (Å²) in [7, 11) is 0. The summed E-state index contributed by atoms with van der Waals surface area (Å²) in [4.78, 5) is 19.9. The molecule has 3 rings (SSSR count). The Labute approximate surface area is 140 Å². The zero-order valence-corrected chi connectivity index (χ0v) is 13.1. The largest absolute Gasteiger partial charge is 0.339 e. The molecular formula is C18H17N5O. The van der Waals surface area contributed by atoms with Crippen molar-refractivity contribution in [1.82, 2.24) is 9.97 Å². The van der Waals surface area contributed by atoms with Gasteiger partial charge in [-0.05, 0) is 37.1 Å². The van der Waals surface area contributed by atoms with Gasteiger partial charge < -0.3 is 10.6 Å². The first-order valence-corrected chi connectivity index (χ1v) is 7.76. The zero-order valence-electron chi connectivity index (χ0n) is 13.1. The van der Waals surface area contributed by atoms with Crippen molar-refractivity contribution in [2.45, 2.75) is 25.2 Å². The fourth-order valence-corrected chi connectivity index (χ4v) is 2.60. The number of nitrogens with one attached hydrogen (secondary N) is 2. The Kier molecular flexibility index (Phi) is 4.52. The van der Waals surface area contributed by atoms with E-state index in [1.807, 2.05) is 6.07 Å². The predicted octanol–water partition coefficient (Wildman–Crippen LogP) is 3.48. The lowest BCUT2D eigenvalue weighted by atomic mass is 9.81. The van der Waals surface area contributed by atoms with Crippen molar-refractivity contribution in [3.8, 4) is 6.07 Å². The van der Waals surface area contributed by atoms with Crippen LogP contribution in [0.1, 0.15) is 36.4 Å². The SMILES string of the molecule is C=CC(=O)Nc1cccc(Nc2ncnc(C3CCC3)c2C#N)c1. The highest BCUT2D eigenvalue weighted by Gasteiger charge is 2.25. The first-order chi connectivity index (χ1) is 11.7. The lowest BCUT2D eigenvalue weighted by Gasteiger charge is -2.25. The number of anilines is 3. The molecule has 1 fully saturated rings. The van der Waals surface area contributed by atoms with E-state index in [1.165, 1.54) is 18.8 Å². The Balaban J connectivity index is 1.86. The van der Waals surface area contributed by atoms with Gasteiger partial charge in [0.2, 0.25) is 5.91 Å². The molecule has 2 aromatic rings. The van der Waals surface area contributed by atoms with Crippen LogP contribution in [0, 0.1) is 11.3 Å². The van der Waals surface area contributed by atoms with Crippen LogP contribution in [0.25, 0.3) is 0 Å². The lowest BCUT2D eigenvalue weighted by molar-refractivity contribution is -0.111. The van der Waals surface area contributed by atoms with Gasteiger partial charge in [0.15, 0.2) is 5.82 Å². The number of carbonyl (C=O) groups is 1. The van der Waals surface area contributed by atoms with Gasteiger partial charge in [-0.2, -0.15) is 5.26 Å². The first-order valence-electron chi connectivity index (χ1n) is 7.76. The summed E-state index contributed by atoms with van der Waals surface area (Å²) in [6.45, 7) is 3.43. The average molecular weight is 319 g/mol. The van der Waals surface area contributed by atoms with Gasteiger partial charge in [-0.1, -0.05) is 19.1 Å². The molecule has 1 aromatic carbocycles. The molecule has 0 bridgehead atoms. The molecule has 0 aliphatic heterocycles. The Morgan fingerprint density at radius 3 is 2.79 bits per heavy atom. The highest BCUT2D eigenvalue weighted by molar-refractivity contribution is 5.99. The molecule has 1 heterocycles. The summed E-state index contributed by atoms with van der Waals surface area (Å²) in [5.74, 6) is 0.558. The molecule has 120 valence electrons. The van der Waals surface area contributed by atoms with Crippen LogP contribution in [0.3, 0.4) is 0 Å². The summed E-state index contributed by atoms with van der Waals surface area (Å²) in [5.41, 5.74) is 2.67. The Hall–Kier alpha value is -3.20. The molecule has 6 heteroatoms. The second-order valence-corrected chi connectivity index (χ2v) is 5.62. The first kappa shape index (κ1) is 15.7. The topological polar surface area (TPSA) is 90.7 Å². The fourth-order valence-electron chi connectivity index (χ4n) is 2.60. The van der Waals surface area contributed by atoms with Gasteiger partial charge in [-0.3, -0.25) is 4.79 Å². The number of rotatable bonds is 5. The van der Waals surface area contributed by atoms with Crippen molar-refractivity contribution >= 4 is 23.1 Å². The van der Waals surface area contributed by atoms with E-state index in [9.17, 15) is 10.1 Å². The minimum atomic E-state index is -0.279. The second-order valence-electron chi connectivity index (χ2n) is 5.62. The van der Waals surface area contributed by atoms with Crippen LogP contribution in [-0.4, -0.2) is 15.9 Å². The van der Waals surface area contributed by atoms with Crippen LogP contribution >= 0.6 is 0 Å². The van der Waals surface area contributed by atoms with Crippen LogP contribution in [0.4, 0.5) is 17.2 Å². The third-order valence-electron chi connectivity index (χ3n) is 4.06. The van der Waals surface area contributed by atoms with Crippen molar-refractivity contribution in [3.63, 3.8) is 0 Å². The van der Waals surface area contributed by atoms with E-state index in [-0.39, 0.29) is 5.91 Å². The minimum Gasteiger partial charge on any atom is -0.339 e. The van der Waals surface area contributed by atoms with Gasteiger partial charge in [0, 0.05) is 17.3 Å². The molecule has 0 unspecified atom stereocenters. The Morgan fingerprint density at radius 2 is 2.12 bits per heavy atom. The maximum atomic E-state index is 11.4. The molecule has 1 saturated carbocycles. The van der Waals surface area contributed by atoms with Gasteiger partial charge in [-0.15, -0.1) is 0 Å². The monoisotopic (exact) mass is 319 g/mol. The average Bonchev–Trinajstić information content (AvgIpc) is 2.54. The molecular weight excluding hydrogens is 302 g/mol. The summed E-state index contributed by atoms with van der Waals surface area (Å²) in [6, 6.07) is 9.42. The van der Waals surface area contributed by atoms with Crippen LogP contribution in [0.15, 0.2) is 43.2 Å². The number of benzene rings is 1. The second kappa shape index (κ2) is 6.92. The van der Waals surface area contributed by atoms with E-state index in [0.717, 1.165) is 24.2 Å². The molecule has 1 aromatic heterocycles. The Bertz CT molecular complexity index is 820. The summed E-state index contributed by atoms with van der Waals surface area (Å²) in [6.07, 6.45) is 6.00. The summed E-state index contributed by atoms with van der Waals surface area (Å²) in [5, 5.41) is 15.4. The number of nitrogens with zero attached hydrogens (tertiary/aromatic N) is 3. The predicted molar refractivity (Wildman–Crippen MR) is 91.9 cm³/mol. The minimum absolute atomic E-state index is 0.279. The van der Waals surface area contributed by atoms with E-state index < -0.39 is 0 Å². The number of aromatic nitrogens is 2. The smallest absolute Gasteiger partial charge is 0.247 e. The van der Waals surface area contributed by atoms with Gasteiger partial charge in [-0.25, -0.2) is 9.97 Å². The molecule has 0 radical (unpaired) electrons. The van der Waals surface area contributed by atoms with E-state index >= 15 is 0 Å². The summed E-state index contributed by atoms with van der Waals surface area (Å²) >= 11 is 0. The zero-order chi connectivity index (χ0) is 16.9. The van der Waals surface area contributed by atoms with Crippen LogP contribution in [-0.2, 0) is 4.79 Å². The molecule has 0 saturated heterocycles. The molecule has 1 aliphatic rings. The molecule has 1 amide bonds. The van der Waals surface area contributed by atoms with Crippen molar-refractivity contribution in [1.29, 1.82) is 5.26 Å². The summed E-state index contributed by atoms with van der Waals surface area (Å²) < 4.78 is 0. The molecule has 0 spiro atoms. The van der Waals surface area contributed by atoms with Crippen LogP contribution in [0.2, 0.25) is 0 Å². The van der Waals surface area contributed by atoms with Crippen LogP contribution in [0.5, 0.6) is 0 Å². The maximum absolute atomic E-state index is 11.4. The standard InChI is InChI=1S/C18H17N5O/c1-2-16(24)22-13-7-4-8-14(9-13)23-18-15(10-19)17(20-11-21-18)12-5-3-6-12/h2,4,7-9,11-12H,1,3,5-6H2,(H,22,24)(H,20,21,23). The number of nitriles is 1. The van der Waals surface area contributed by atoms with E-state index in [0.29, 0.717) is 23.0 Å². The van der Waals surface area contributed by atoms with Crippen molar-refractivity contribution in [2.75, 3.05) is 10.6 Å². The fraction of sp³-hybridized carbons (Fsp3) is 0.222. The molecule has 6 nitrogen and oxygen atoms in total. The quantitative estimate of drug-likeness (QED) is 0.823. The van der Waals surface area contributed by atoms with Crippen LogP contribution < -0.4 is 10.6 Å². The van der Waals surface area contributed by atoms with Crippen molar-refractivity contribution in [3.05, 3.63) is 54.5 Å². The molecule has 0 atom stereocenters. The molecule has 2 N–H and O–H groups in total. The normalized spacial score (nSPS) is 13.5. The van der Waals surface area contributed by atoms with E-state index in [4.69, 9.17) is 0 Å². The Morgan fingerprint density at radius 1 is 1.33 bits per heavy atom. The lowest BCUT2D eigenvalue weighted by Crippen LogP contribution is -2.14. The van der Waals surface area contributed by atoms with Gasteiger partial charge in [0.1, 0.15) is 18.0 Å². The molecule has 1 aliphatic carbocycles. The van der Waals surface area contributed by atoms with Crippen molar-refractivity contribution < 1.29 is 4.79 Å². The number of carbonyl (C=O) groups excluding carboxylic acids is 1. The maximum Gasteiger partial charge on any atom is 0.247 e. The van der Waals surface area contributed by atoms with Gasteiger partial charge >= 0.3 is 0 Å². The van der Waals surface area contributed by atoms with Gasteiger partial charge in [0.05, 0.1) is 5.69 Å². The number of hydrogen-bond donors (Lipinski definition) is 2. The van der Waals surface area contributed by atoms with E-state index in [2.05, 4.69) is 33.2 Å². The third kappa shape index (κ3) is 3.25. The van der Waals surface area contributed by atoms with Crippen molar-refractivity contribution in [2.24, 2.45) is 0 Å².